The van der Waals surface area contributed by atoms with Crippen LogP contribution in [0, 0.1) is 5.82 Å². The highest BCUT2D eigenvalue weighted by Gasteiger charge is 2.40. The number of carbonyl (C=O) groups is 1. The number of esters is 1. The molecule has 1 heterocycles. The van der Waals surface area contributed by atoms with Crippen molar-refractivity contribution in [2.75, 3.05) is 13.2 Å². The Morgan fingerprint density at radius 3 is 2.37 bits per heavy atom. The van der Waals surface area contributed by atoms with E-state index in [2.05, 4.69) is 4.74 Å². The number of carbonyl (C=O) groups excluding carboxylic acids is 1. The Hall–Kier alpha value is -3.56. The third-order valence-electron chi connectivity index (χ3n) is 3.78. The number of benzene rings is 2. The zero-order valence-corrected chi connectivity index (χ0v) is 15.4. The van der Waals surface area contributed by atoms with Crippen LogP contribution in [0.25, 0.3) is 11.0 Å². The number of hydrogen-bond acceptors (Lipinski definition) is 6. The summed E-state index contributed by atoms with van der Waals surface area (Å²) in [7, 11) is 0. The Labute approximate surface area is 166 Å². The van der Waals surface area contributed by atoms with Crippen LogP contribution >= 0.6 is 0 Å². The Morgan fingerprint density at radius 2 is 1.73 bits per heavy atom. The number of alkyl halides is 3. The molecular weight excluding hydrogens is 412 g/mol. The zero-order valence-electron chi connectivity index (χ0n) is 15.4. The number of rotatable bonds is 6. The molecule has 0 radical (unpaired) electrons. The zero-order chi connectivity index (χ0) is 21.9. The molecule has 0 fully saturated rings. The summed E-state index contributed by atoms with van der Waals surface area (Å²) >= 11 is 0. The van der Waals surface area contributed by atoms with Crippen LogP contribution in [0.1, 0.15) is 12.7 Å². The summed E-state index contributed by atoms with van der Waals surface area (Å²) < 4.78 is 73.3. The normalized spacial score (nSPS) is 11.4. The summed E-state index contributed by atoms with van der Waals surface area (Å²) in [5, 5.41) is -0.205. The number of fused-ring (bicyclic) bond motifs is 1. The molecule has 2 aromatic carbocycles. The van der Waals surface area contributed by atoms with Gasteiger partial charge in [-0.25, -0.2) is 9.18 Å². The quantitative estimate of drug-likeness (QED) is 0.421. The van der Waals surface area contributed by atoms with E-state index in [0.29, 0.717) is 0 Å². The molecule has 0 N–H and O–H groups in total. The molecule has 0 aliphatic heterocycles. The van der Waals surface area contributed by atoms with E-state index >= 15 is 0 Å². The molecule has 158 valence electrons. The van der Waals surface area contributed by atoms with Gasteiger partial charge in [-0.3, -0.25) is 4.79 Å². The SMILES string of the molecule is CCOC(=O)COc1ccc2c(=O)c(Oc3ccc(F)cc3)c(C(F)(F)F)oc2c1. The molecule has 0 spiro atoms. The molecule has 10 heteroatoms. The lowest BCUT2D eigenvalue weighted by molar-refractivity contribution is -0.154. The topological polar surface area (TPSA) is 75.0 Å². The van der Waals surface area contributed by atoms with Crippen molar-refractivity contribution in [3.05, 3.63) is 64.3 Å². The van der Waals surface area contributed by atoms with Crippen molar-refractivity contribution in [1.29, 1.82) is 0 Å². The lowest BCUT2D eigenvalue weighted by Gasteiger charge is -2.13. The molecule has 0 aliphatic carbocycles. The average molecular weight is 426 g/mol. The molecule has 0 unspecified atom stereocenters. The highest BCUT2D eigenvalue weighted by atomic mass is 19.4. The van der Waals surface area contributed by atoms with Crippen molar-refractivity contribution < 1.29 is 41.0 Å². The molecule has 0 amide bonds. The van der Waals surface area contributed by atoms with Crippen LogP contribution in [0.2, 0.25) is 0 Å². The largest absolute Gasteiger partial charge is 0.482 e. The minimum absolute atomic E-state index is 0.000898. The van der Waals surface area contributed by atoms with Gasteiger partial charge < -0.3 is 18.6 Å². The van der Waals surface area contributed by atoms with Gasteiger partial charge in [-0.1, -0.05) is 0 Å². The van der Waals surface area contributed by atoms with E-state index in [1.54, 1.807) is 6.92 Å². The second-order valence-electron chi connectivity index (χ2n) is 5.89. The predicted molar refractivity (Wildman–Crippen MR) is 96.1 cm³/mol. The van der Waals surface area contributed by atoms with E-state index in [9.17, 15) is 27.2 Å². The van der Waals surface area contributed by atoms with Crippen LogP contribution in [-0.4, -0.2) is 19.2 Å². The Morgan fingerprint density at radius 1 is 1.07 bits per heavy atom. The van der Waals surface area contributed by atoms with Gasteiger partial charge in [0.2, 0.25) is 11.2 Å². The van der Waals surface area contributed by atoms with Gasteiger partial charge in [0.15, 0.2) is 6.61 Å². The van der Waals surface area contributed by atoms with Gasteiger partial charge >= 0.3 is 12.1 Å². The smallest absolute Gasteiger partial charge is 0.453 e. The van der Waals surface area contributed by atoms with E-state index in [1.807, 2.05) is 0 Å². The van der Waals surface area contributed by atoms with Gasteiger partial charge in [-0.15, -0.1) is 0 Å². The summed E-state index contributed by atoms with van der Waals surface area (Å²) in [6.07, 6.45) is -5.05. The number of ether oxygens (including phenoxy) is 3. The van der Waals surface area contributed by atoms with E-state index in [0.717, 1.165) is 30.3 Å². The van der Waals surface area contributed by atoms with Crippen molar-refractivity contribution in [3.8, 4) is 17.2 Å². The predicted octanol–water partition coefficient (Wildman–Crippen LogP) is 4.69. The van der Waals surface area contributed by atoms with E-state index in [4.69, 9.17) is 13.9 Å². The van der Waals surface area contributed by atoms with E-state index < -0.39 is 47.1 Å². The first kappa shape index (κ1) is 21.2. The molecule has 1 aromatic heterocycles. The molecule has 3 rings (SSSR count). The van der Waals surface area contributed by atoms with Crippen LogP contribution in [0.4, 0.5) is 17.6 Å². The van der Waals surface area contributed by atoms with Crippen LogP contribution < -0.4 is 14.9 Å². The minimum atomic E-state index is -5.05. The minimum Gasteiger partial charge on any atom is -0.482 e. The Kier molecular flexibility index (Phi) is 5.95. The standard InChI is InChI=1S/C20H14F4O6/c1-2-27-16(25)10-28-13-7-8-14-15(9-13)30-19(20(22,23)24)18(17(14)26)29-12-5-3-11(21)4-6-12/h3-9H,2,10H2,1H3. The van der Waals surface area contributed by atoms with Crippen molar-refractivity contribution in [3.63, 3.8) is 0 Å². The Balaban J connectivity index is 2.03. The van der Waals surface area contributed by atoms with Gasteiger partial charge in [-0.2, -0.15) is 13.2 Å². The molecule has 3 aromatic rings. The van der Waals surface area contributed by atoms with Crippen LogP contribution in [0.3, 0.4) is 0 Å². The summed E-state index contributed by atoms with van der Waals surface area (Å²) in [5.74, 6) is -4.21. The third-order valence-corrected chi connectivity index (χ3v) is 3.78. The fourth-order valence-corrected chi connectivity index (χ4v) is 2.49. The number of hydrogen-bond donors (Lipinski definition) is 0. The first-order valence-corrected chi connectivity index (χ1v) is 8.59. The van der Waals surface area contributed by atoms with Crippen LogP contribution in [0.15, 0.2) is 51.7 Å². The molecule has 6 nitrogen and oxygen atoms in total. The Bertz CT molecular complexity index is 1120. The number of halogens is 4. The summed E-state index contributed by atoms with van der Waals surface area (Å²) in [5.41, 5.74) is -1.50. The van der Waals surface area contributed by atoms with Crippen molar-refractivity contribution in [2.45, 2.75) is 13.1 Å². The highest BCUT2D eigenvalue weighted by molar-refractivity contribution is 5.80. The molecule has 0 aliphatic rings. The van der Waals surface area contributed by atoms with E-state index in [1.165, 1.54) is 12.1 Å². The van der Waals surface area contributed by atoms with Crippen LogP contribution in [-0.2, 0) is 15.7 Å². The van der Waals surface area contributed by atoms with Gasteiger partial charge in [0.05, 0.1) is 12.0 Å². The maximum atomic E-state index is 13.5. The van der Waals surface area contributed by atoms with Gasteiger partial charge in [0, 0.05) is 6.07 Å². The maximum Gasteiger partial charge on any atom is 0.453 e. The molecule has 0 saturated heterocycles. The third kappa shape index (κ3) is 4.70. The van der Waals surface area contributed by atoms with Crippen molar-refractivity contribution in [2.24, 2.45) is 0 Å². The first-order valence-electron chi connectivity index (χ1n) is 8.59. The molecule has 0 saturated carbocycles. The van der Waals surface area contributed by atoms with Crippen molar-refractivity contribution in [1.82, 2.24) is 0 Å². The van der Waals surface area contributed by atoms with E-state index in [-0.39, 0.29) is 23.5 Å². The van der Waals surface area contributed by atoms with Crippen molar-refractivity contribution >= 4 is 16.9 Å². The van der Waals surface area contributed by atoms with Gasteiger partial charge in [0.1, 0.15) is 22.9 Å². The second-order valence-corrected chi connectivity index (χ2v) is 5.89. The van der Waals surface area contributed by atoms with Crippen LogP contribution in [0.5, 0.6) is 17.2 Å². The molecule has 0 atom stereocenters. The fraction of sp³-hybridized carbons (Fsp3) is 0.200. The maximum absolute atomic E-state index is 13.5. The second kappa shape index (κ2) is 8.44. The van der Waals surface area contributed by atoms with Gasteiger partial charge in [0.25, 0.3) is 5.76 Å². The summed E-state index contributed by atoms with van der Waals surface area (Å²) in [6.45, 7) is 1.27. The summed E-state index contributed by atoms with van der Waals surface area (Å²) in [6, 6.07) is 7.60. The molecule has 30 heavy (non-hydrogen) atoms. The average Bonchev–Trinajstić information content (AvgIpc) is 2.69. The highest BCUT2D eigenvalue weighted by Crippen LogP contribution is 2.38. The molecular formula is C20H14F4O6. The first-order chi connectivity index (χ1) is 14.2. The summed E-state index contributed by atoms with van der Waals surface area (Å²) in [4.78, 5) is 24.0. The monoisotopic (exact) mass is 426 g/mol. The lowest BCUT2D eigenvalue weighted by Crippen LogP contribution is -2.16. The van der Waals surface area contributed by atoms with Gasteiger partial charge in [-0.05, 0) is 43.3 Å². The molecule has 0 bridgehead atoms. The lowest BCUT2D eigenvalue weighted by atomic mass is 10.2. The fourth-order valence-electron chi connectivity index (χ4n) is 2.49.